The fourth-order valence-corrected chi connectivity index (χ4v) is 9.24. The van der Waals surface area contributed by atoms with E-state index in [0.717, 1.165) is 55.0 Å². The normalized spacial score (nSPS) is 11.9. The van der Waals surface area contributed by atoms with Gasteiger partial charge < -0.3 is 8.83 Å². The van der Waals surface area contributed by atoms with Crippen molar-refractivity contribution < 1.29 is 8.83 Å². The zero-order chi connectivity index (χ0) is 36.7. The summed E-state index contributed by atoms with van der Waals surface area (Å²) in [6.07, 6.45) is 0. The minimum Gasteiger partial charge on any atom is -0.456 e. The van der Waals surface area contributed by atoms with Crippen LogP contribution in [0.15, 0.2) is 203 Å². The number of benzene rings is 10. The summed E-state index contributed by atoms with van der Waals surface area (Å²) in [5.41, 5.74) is 13.1. The molecular formula is C54H32O2. The van der Waals surface area contributed by atoms with Gasteiger partial charge in [-0.2, -0.15) is 0 Å². The largest absolute Gasteiger partial charge is 0.456 e. The van der Waals surface area contributed by atoms with Crippen molar-refractivity contribution >= 4 is 76.2 Å². The molecule has 0 unspecified atom stereocenters. The Labute approximate surface area is 322 Å². The number of fused-ring (bicyclic) bond motifs is 9. The molecule has 260 valence electrons. The molecule has 0 spiro atoms. The van der Waals surface area contributed by atoms with E-state index in [1.807, 2.05) is 12.1 Å². The maximum Gasteiger partial charge on any atom is 0.136 e. The lowest BCUT2D eigenvalue weighted by molar-refractivity contribution is 0.668. The Bertz CT molecular complexity index is 3360. The van der Waals surface area contributed by atoms with E-state index in [9.17, 15) is 0 Å². The molecule has 56 heavy (non-hydrogen) atoms. The summed E-state index contributed by atoms with van der Waals surface area (Å²) in [6.45, 7) is 0. The van der Waals surface area contributed by atoms with Gasteiger partial charge in [0.15, 0.2) is 0 Å². The van der Waals surface area contributed by atoms with Crippen LogP contribution in [0.5, 0.6) is 0 Å². The molecule has 0 amide bonds. The minimum absolute atomic E-state index is 0.893. The number of rotatable bonds is 4. The molecule has 10 aromatic carbocycles. The van der Waals surface area contributed by atoms with Crippen molar-refractivity contribution in [2.45, 2.75) is 0 Å². The van der Waals surface area contributed by atoms with Crippen molar-refractivity contribution in [3.8, 4) is 44.5 Å². The van der Waals surface area contributed by atoms with Gasteiger partial charge >= 0.3 is 0 Å². The summed E-state index contributed by atoms with van der Waals surface area (Å²) < 4.78 is 12.8. The predicted octanol–water partition coefficient (Wildman–Crippen LogP) is 15.6. The van der Waals surface area contributed by atoms with Crippen LogP contribution in [-0.2, 0) is 0 Å². The molecule has 2 aromatic heterocycles. The summed E-state index contributed by atoms with van der Waals surface area (Å²) in [5.74, 6) is 0. The maximum absolute atomic E-state index is 6.42. The second kappa shape index (κ2) is 12.0. The van der Waals surface area contributed by atoms with E-state index >= 15 is 0 Å². The Kier molecular flexibility index (Phi) is 6.66. The summed E-state index contributed by atoms with van der Waals surface area (Å²) in [4.78, 5) is 0. The van der Waals surface area contributed by atoms with Crippen LogP contribution in [0.4, 0.5) is 0 Å². The predicted molar refractivity (Wildman–Crippen MR) is 235 cm³/mol. The third-order valence-corrected chi connectivity index (χ3v) is 11.7. The highest BCUT2D eigenvalue weighted by Crippen LogP contribution is 2.48. The molecule has 0 radical (unpaired) electrons. The van der Waals surface area contributed by atoms with Crippen molar-refractivity contribution in [2.24, 2.45) is 0 Å². The molecule has 2 heterocycles. The number of furan rings is 2. The molecule has 0 bridgehead atoms. The van der Waals surface area contributed by atoms with Gasteiger partial charge in [0.1, 0.15) is 22.3 Å². The van der Waals surface area contributed by atoms with Crippen LogP contribution in [0.1, 0.15) is 0 Å². The molecule has 0 N–H and O–H groups in total. The van der Waals surface area contributed by atoms with Gasteiger partial charge in [-0.25, -0.2) is 0 Å². The molecular weight excluding hydrogens is 681 g/mol. The molecule has 0 atom stereocenters. The second-order valence-electron chi connectivity index (χ2n) is 14.7. The van der Waals surface area contributed by atoms with Gasteiger partial charge in [-0.15, -0.1) is 0 Å². The molecule has 12 rings (SSSR count). The van der Waals surface area contributed by atoms with Crippen LogP contribution in [0, 0.1) is 0 Å². The Morgan fingerprint density at radius 1 is 0.250 bits per heavy atom. The highest BCUT2D eigenvalue weighted by atomic mass is 16.3. The molecule has 0 aliphatic carbocycles. The van der Waals surface area contributed by atoms with Crippen LogP contribution in [0.3, 0.4) is 0 Å². The van der Waals surface area contributed by atoms with E-state index in [1.54, 1.807) is 0 Å². The SMILES string of the molecule is c1ccc(-c2ccc3c(-c4c5cccc(-c6cccc7oc8ccccc8c67)c5cc5c(-c6cccc7oc8ccccc8c67)cccc45)cccc3c2)cc1. The van der Waals surface area contributed by atoms with E-state index in [0.29, 0.717) is 0 Å². The molecule has 0 aliphatic heterocycles. The lowest BCUT2D eigenvalue weighted by atomic mass is 9.84. The zero-order valence-corrected chi connectivity index (χ0v) is 30.3. The van der Waals surface area contributed by atoms with Crippen LogP contribution < -0.4 is 0 Å². The zero-order valence-electron chi connectivity index (χ0n) is 30.3. The van der Waals surface area contributed by atoms with E-state index in [-0.39, 0.29) is 0 Å². The molecule has 0 aliphatic rings. The van der Waals surface area contributed by atoms with E-state index in [2.05, 4.69) is 182 Å². The number of para-hydroxylation sites is 2. The first-order valence-corrected chi connectivity index (χ1v) is 19.2. The monoisotopic (exact) mass is 712 g/mol. The highest BCUT2D eigenvalue weighted by molar-refractivity contribution is 6.25. The first-order chi connectivity index (χ1) is 27.8. The van der Waals surface area contributed by atoms with Gasteiger partial charge in [-0.05, 0) is 113 Å². The molecule has 0 fully saturated rings. The Hall–Kier alpha value is -7.42. The quantitative estimate of drug-likeness (QED) is 0.170. The molecule has 0 saturated carbocycles. The second-order valence-corrected chi connectivity index (χ2v) is 14.7. The fraction of sp³-hybridized carbons (Fsp3) is 0. The molecule has 12 aromatic rings. The maximum atomic E-state index is 6.42. The Morgan fingerprint density at radius 2 is 0.732 bits per heavy atom. The Morgan fingerprint density at radius 3 is 1.36 bits per heavy atom. The standard InChI is InChI=1S/C54H32O2/c1-2-13-33(14-3-1)34-29-30-36-35(31-34)15-8-20-39(36)52-42-21-9-18-37(40-23-11-27-50-53(40)44-16-4-6-25-48(44)55-50)46(42)32-47-38(19-10-22-43(47)52)41-24-12-28-51-54(41)45-17-5-7-26-49(45)56-51/h1-32H. The first kappa shape index (κ1) is 31.0. The van der Waals surface area contributed by atoms with Crippen LogP contribution in [0.25, 0.3) is 121 Å². The van der Waals surface area contributed by atoms with Crippen molar-refractivity contribution in [3.05, 3.63) is 194 Å². The average Bonchev–Trinajstić information content (AvgIpc) is 3.84. The molecule has 2 heteroatoms. The summed E-state index contributed by atoms with van der Waals surface area (Å²) >= 11 is 0. The van der Waals surface area contributed by atoms with E-state index < -0.39 is 0 Å². The Balaban J connectivity index is 1.22. The van der Waals surface area contributed by atoms with Crippen LogP contribution >= 0.6 is 0 Å². The smallest absolute Gasteiger partial charge is 0.136 e. The van der Waals surface area contributed by atoms with Gasteiger partial charge in [0, 0.05) is 21.5 Å². The van der Waals surface area contributed by atoms with Crippen LogP contribution in [-0.4, -0.2) is 0 Å². The van der Waals surface area contributed by atoms with E-state index in [4.69, 9.17) is 8.83 Å². The minimum atomic E-state index is 0.893. The summed E-state index contributed by atoms with van der Waals surface area (Å²) in [6, 6.07) is 69.9. The summed E-state index contributed by atoms with van der Waals surface area (Å²) in [5, 5.41) is 11.8. The van der Waals surface area contributed by atoms with Crippen molar-refractivity contribution in [3.63, 3.8) is 0 Å². The van der Waals surface area contributed by atoms with E-state index in [1.165, 1.54) is 65.7 Å². The number of hydrogen-bond donors (Lipinski definition) is 0. The van der Waals surface area contributed by atoms with Crippen molar-refractivity contribution in [1.82, 2.24) is 0 Å². The highest BCUT2D eigenvalue weighted by Gasteiger charge is 2.21. The van der Waals surface area contributed by atoms with Crippen molar-refractivity contribution in [2.75, 3.05) is 0 Å². The fourth-order valence-electron chi connectivity index (χ4n) is 9.24. The third kappa shape index (κ3) is 4.57. The lowest BCUT2D eigenvalue weighted by Crippen LogP contribution is -1.92. The lowest BCUT2D eigenvalue weighted by Gasteiger charge is -2.19. The summed E-state index contributed by atoms with van der Waals surface area (Å²) in [7, 11) is 0. The van der Waals surface area contributed by atoms with Gasteiger partial charge in [-0.3, -0.25) is 0 Å². The average molecular weight is 713 g/mol. The van der Waals surface area contributed by atoms with Crippen molar-refractivity contribution in [1.29, 1.82) is 0 Å². The molecule has 0 saturated heterocycles. The van der Waals surface area contributed by atoms with Gasteiger partial charge in [0.2, 0.25) is 0 Å². The van der Waals surface area contributed by atoms with Gasteiger partial charge in [-0.1, -0.05) is 158 Å². The van der Waals surface area contributed by atoms with Crippen LogP contribution in [0.2, 0.25) is 0 Å². The third-order valence-electron chi connectivity index (χ3n) is 11.7. The van der Waals surface area contributed by atoms with Gasteiger partial charge in [0.05, 0.1) is 0 Å². The molecule has 2 nitrogen and oxygen atoms in total. The first-order valence-electron chi connectivity index (χ1n) is 19.2. The number of hydrogen-bond acceptors (Lipinski definition) is 2. The van der Waals surface area contributed by atoms with Gasteiger partial charge in [0.25, 0.3) is 0 Å². The topological polar surface area (TPSA) is 26.3 Å².